The van der Waals surface area contributed by atoms with Crippen molar-refractivity contribution in [3.63, 3.8) is 0 Å². The molecular formula is C17H16N2O3. The molecule has 5 nitrogen and oxygen atoms in total. The Balaban J connectivity index is 1.68. The van der Waals surface area contributed by atoms with E-state index in [-0.39, 0.29) is 5.76 Å². The van der Waals surface area contributed by atoms with Crippen molar-refractivity contribution < 1.29 is 13.9 Å². The molecule has 0 unspecified atom stereocenters. The van der Waals surface area contributed by atoms with Gasteiger partial charge in [-0.3, -0.25) is 0 Å². The van der Waals surface area contributed by atoms with Gasteiger partial charge in [-0.25, -0.2) is 9.78 Å². The lowest BCUT2D eigenvalue weighted by atomic mass is 10.2. The zero-order valence-electron chi connectivity index (χ0n) is 12.3. The molecule has 0 saturated heterocycles. The molecule has 1 aliphatic carbocycles. The number of esters is 1. The minimum absolute atomic E-state index is 0.235. The van der Waals surface area contributed by atoms with Gasteiger partial charge in [-0.15, -0.1) is 0 Å². The van der Waals surface area contributed by atoms with E-state index >= 15 is 0 Å². The summed E-state index contributed by atoms with van der Waals surface area (Å²) in [7, 11) is 0. The maximum Gasteiger partial charge on any atom is 0.374 e. The van der Waals surface area contributed by atoms with Crippen LogP contribution in [-0.2, 0) is 4.74 Å². The monoisotopic (exact) mass is 296 g/mol. The first-order valence-corrected chi connectivity index (χ1v) is 7.49. The second kappa shape index (κ2) is 5.02. The SMILES string of the molecule is CCOC(=O)c1cc2ccc(-n3cnc(C4CC4)c3)cc2o1. The Bertz CT molecular complexity index is 843. The molecule has 0 aliphatic heterocycles. The number of nitrogens with zero attached hydrogens (tertiary/aromatic N) is 2. The summed E-state index contributed by atoms with van der Waals surface area (Å²) >= 11 is 0. The molecule has 0 spiro atoms. The average molecular weight is 296 g/mol. The van der Waals surface area contributed by atoms with E-state index < -0.39 is 5.97 Å². The highest BCUT2D eigenvalue weighted by Gasteiger charge is 2.25. The Labute approximate surface area is 127 Å². The molecule has 0 radical (unpaired) electrons. The lowest BCUT2D eigenvalue weighted by molar-refractivity contribution is 0.0492. The van der Waals surface area contributed by atoms with Crippen molar-refractivity contribution in [2.75, 3.05) is 6.61 Å². The number of aromatic nitrogens is 2. The summed E-state index contributed by atoms with van der Waals surface area (Å²) < 4.78 is 12.5. The number of carbonyl (C=O) groups is 1. The van der Waals surface area contributed by atoms with Crippen LogP contribution in [0.5, 0.6) is 0 Å². The van der Waals surface area contributed by atoms with Gasteiger partial charge in [-0.05, 0) is 38.0 Å². The molecule has 5 heteroatoms. The van der Waals surface area contributed by atoms with E-state index in [2.05, 4.69) is 11.2 Å². The Morgan fingerprint density at radius 1 is 1.41 bits per heavy atom. The highest BCUT2D eigenvalue weighted by atomic mass is 16.5. The molecule has 0 N–H and O–H groups in total. The highest BCUT2D eigenvalue weighted by molar-refractivity contribution is 5.93. The smallest absolute Gasteiger partial charge is 0.374 e. The van der Waals surface area contributed by atoms with Crippen LogP contribution in [0, 0.1) is 0 Å². The first-order valence-electron chi connectivity index (χ1n) is 7.49. The lowest BCUT2D eigenvalue weighted by Gasteiger charge is -2.01. The van der Waals surface area contributed by atoms with Gasteiger partial charge in [0.1, 0.15) is 5.58 Å². The molecule has 0 bridgehead atoms. The van der Waals surface area contributed by atoms with Crippen molar-refractivity contribution in [2.24, 2.45) is 0 Å². The number of carbonyl (C=O) groups excluding carboxylic acids is 1. The lowest BCUT2D eigenvalue weighted by Crippen LogP contribution is -2.02. The Morgan fingerprint density at radius 3 is 3.05 bits per heavy atom. The van der Waals surface area contributed by atoms with Crippen molar-refractivity contribution in [1.29, 1.82) is 0 Å². The quantitative estimate of drug-likeness (QED) is 0.689. The summed E-state index contributed by atoms with van der Waals surface area (Å²) in [6.07, 6.45) is 6.35. The molecule has 4 rings (SSSR count). The van der Waals surface area contributed by atoms with Crippen LogP contribution in [0.3, 0.4) is 0 Å². The standard InChI is InChI=1S/C17H16N2O3/c1-2-21-17(20)16-7-12-5-6-13(8-15(12)22-16)19-9-14(18-10-19)11-3-4-11/h5-11H,2-4H2,1H3. The summed E-state index contributed by atoms with van der Waals surface area (Å²) in [5.41, 5.74) is 2.78. The first kappa shape index (κ1) is 13.1. The van der Waals surface area contributed by atoms with Crippen LogP contribution in [0.4, 0.5) is 0 Å². The number of hydrogen-bond acceptors (Lipinski definition) is 4. The summed E-state index contributed by atoms with van der Waals surface area (Å²) in [5, 5.41) is 0.884. The maximum absolute atomic E-state index is 11.7. The Morgan fingerprint density at radius 2 is 2.27 bits per heavy atom. The topological polar surface area (TPSA) is 57.3 Å². The molecule has 1 aromatic carbocycles. The van der Waals surface area contributed by atoms with Gasteiger partial charge < -0.3 is 13.7 Å². The largest absolute Gasteiger partial charge is 0.460 e. The Hall–Kier alpha value is -2.56. The fourth-order valence-electron chi connectivity index (χ4n) is 2.55. The summed E-state index contributed by atoms with van der Waals surface area (Å²) in [6, 6.07) is 7.55. The minimum atomic E-state index is -0.432. The van der Waals surface area contributed by atoms with Gasteiger partial charge in [0.25, 0.3) is 0 Å². The van der Waals surface area contributed by atoms with Gasteiger partial charge in [-0.1, -0.05) is 0 Å². The van der Waals surface area contributed by atoms with Gasteiger partial charge in [0.15, 0.2) is 0 Å². The van der Waals surface area contributed by atoms with E-state index in [9.17, 15) is 4.79 Å². The molecule has 3 aromatic rings. The van der Waals surface area contributed by atoms with E-state index in [0.717, 1.165) is 16.8 Å². The molecule has 22 heavy (non-hydrogen) atoms. The van der Waals surface area contributed by atoms with Crippen LogP contribution < -0.4 is 0 Å². The number of hydrogen-bond donors (Lipinski definition) is 0. The third-order valence-electron chi connectivity index (χ3n) is 3.88. The van der Waals surface area contributed by atoms with Crippen LogP contribution in [0.15, 0.2) is 41.2 Å². The molecule has 0 atom stereocenters. The van der Waals surface area contributed by atoms with Gasteiger partial charge >= 0.3 is 5.97 Å². The minimum Gasteiger partial charge on any atom is -0.460 e. The number of fused-ring (bicyclic) bond motifs is 1. The normalized spacial score (nSPS) is 14.4. The van der Waals surface area contributed by atoms with Crippen molar-refractivity contribution in [3.05, 3.63) is 48.2 Å². The zero-order valence-corrected chi connectivity index (χ0v) is 12.3. The summed E-state index contributed by atoms with van der Waals surface area (Å²) in [6.45, 7) is 2.11. The summed E-state index contributed by atoms with van der Waals surface area (Å²) in [4.78, 5) is 16.2. The molecule has 1 aliphatic rings. The average Bonchev–Trinajstić information content (AvgIpc) is 3.10. The first-order chi connectivity index (χ1) is 10.7. The number of furan rings is 1. The molecule has 0 amide bonds. The van der Waals surface area contributed by atoms with Gasteiger partial charge in [0, 0.05) is 23.6 Å². The highest BCUT2D eigenvalue weighted by Crippen LogP contribution is 2.39. The second-order valence-corrected chi connectivity index (χ2v) is 5.53. The predicted molar refractivity (Wildman–Crippen MR) is 81.3 cm³/mol. The third kappa shape index (κ3) is 2.28. The maximum atomic E-state index is 11.7. The third-order valence-corrected chi connectivity index (χ3v) is 3.88. The van der Waals surface area contributed by atoms with Crippen LogP contribution in [0.1, 0.15) is 41.9 Å². The number of ether oxygens (including phenoxy) is 1. The molecule has 112 valence electrons. The molecule has 2 heterocycles. The van der Waals surface area contributed by atoms with Crippen molar-refractivity contribution >= 4 is 16.9 Å². The van der Waals surface area contributed by atoms with Crippen molar-refractivity contribution in [2.45, 2.75) is 25.7 Å². The molecule has 2 aromatic heterocycles. The molecule has 1 saturated carbocycles. The van der Waals surface area contributed by atoms with Crippen LogP contribution in [0.25, 0.3) is 16.7 Å². The van der Waals surface area contributed by atoms with Gasteiger partial charge in [0.05, 0.1) is 24.3 Å². The van der Waals surface area contributed by atoms with Crippen LogP contribution in [-0.4, -0.2) is 22.1 Å². The van der Waals surface area contributed by atoms with E-state index in [4.69, 9.17) is 9.15 Å². The fourth-order valence-corrected chi connectivity index (χ4v) is 2.55. The summed E-state index contributed by atoms with van der Waals surface area (Å²) in [5.74, 6) is 0.432. The van der Waals surface area contributed by atoms with Crippen LogP contribution in [0.2, 0.25) is 0 Å². The number of rotatable bonds is 4. The number of imidazole rings is 1. The van der Waals surface area contributed by atoms with E-state index in [0.29, 0.717) is 18.1 Å². The zero-order chi connectivity index (χ0) is 15.1. The second-order valence-electron chi connectivity index (χ2n) is 5.53. The number of benzene rings is 1. The van der Waals surface area contributed by atoms with Crippen LogP contribution >= 0.6 is 0 Å². The van der Waals surface area contributed by atoms with E-state index in [1.807, 2.05) is 29.1 Å². The van der Waals surface area contributed by atoms with Gasteiger partial charge in [0.2, 0.25) is 5.76 Å². The van der Waals surface area contributed by atoms with E-state index in [1.54, 1.807) is 13.0 Å². The van der Waals surface area contributed by atoms with Gasteiger partial charge in [-0.2, -0.15) is 0 Å². The fraction of sp³-hybridized carbons (Fsp3) is 0.294. The van der Waals surface area contributed by atoms with Crippen molar-refractivity contribution in [3.8, 4) is 5.69 Å². The predicted octanol–water partition coefficient (Wildman–Crippen LogP) is 3.67. The Kier molecular flexibility index (Phi) is 2.99. The van der Waals surface area contributed by atoms with E-state index in [1.165, 1.54) is 12.8 Å². The van der Waals surface area contributed by atoms with Crippen molar-refractivity contribution in [1.82, 2.24) is 9.55 Å². The molecule has 1 fully saturated rings. The molecular weight excluding hydrogens is 280 g/mol.